The standard InChI is InChI=1S/C15H14N4O4.C2HF3O2/c16-6-9-13(18-1-2-20)8-3-7-4-10(21)11(22)5-12(7)23-15(8)19-14(9)17;3-2(4,5)1(6)7/h4-5,20-22H,1-3H2,(H3,17,18,19);(H,6,7). The molecule has 0 amide bonds. The summed E-state index contributed by atoms with van der Waals surface area (Å²) >= 11 is 0. The minimum atomic E-state index is -5.08. The maximum Gasteiger partial charge on any atom is 0.490 e. The zero-order chi connectivity index (χ0) is 22.6. The molecule has 1 aromatic heterocycles. The highest BCUT2D eigenvalue weighted by molar-refractivity contribution is 5.75. The lowest BCUT2D eigenvalue weighted by Crippen LogP contribution is -2.21. The van der Waals surface area contributed by atoms with Crippen molar-refractivity contribution in [3.8, 4) is 29.2 Å². The zero-order valence-corrected chi connectivity index (χ0v) is 15.0. The van der Waals surface area contributed by atoms with Crippen LogP contribution in [0.2, 0.25) is 0 Å². The molecule has 0 unspecified atom stereocenters. The lowest BCUT2D eigenvalue weighted by Gasteiger charge is -2.23. The summed E-state index contributed by atoms with van der Waals surface area (Å²) in [6, 6.07) is 4.68. The van der Waals surface area contributed by atoms with Gasteiger partial charge in [0.1, 0.15) is 23.2 Å². The number of aliphatic carboxylic acids is 1. The van der Waals surface area contributed by atoms with Crippen molar-refractivity contribution in [2.45, 2.75) is 12.6 Å². The Kier molecular flexibility index (Phi) is 6.43. The highest BCUT2D eigenvalue weighted by atomic mass is 19.4. The number of aromatic hydroxyl groups is 2. The van der Waals surface area contributed by atoms with Gasteiger partial charge in [0.2, 0.25) is 5.88 Å². The van der Waals surface area contributed by atoms with Crippen LogP contribution in [0.4, 0.5) is 24.7 Å². The molecule has 2 aromatic rings. The molecule has 0 atom stereocenters. The van der Waals surface area contributed by atoms with E-state index in [0.717, 1.165) is 0 Å². The smallest absolute Gasteiger partial charge is 0.490 e. The average Bonchev–Trinajstić information content (AvgIpc) is 2.65. The van der Waals surface area contributed by atoms with Crippen molar-refractivity contribution in [1.82, 2.24) is 4.98 Å². The molecule has 30 heavy (non-hydrogen) atoms. The van der Waals surface area contributed by atoms with Crippen LogP contribution in [0.25, 0.3) is 0 Å². The second kappa shape index (κ2) is 8.62. The number of aliphatic hydroxyl groups excluding tert-OH is 1. The second-order valence-electron chi connectivity index (χ2n) is 5.82. The lowest BCUT2D eigenvalue weighted by molar-refractivity contribution is -0.192. The van der Waals surface area contributed by atoms with E-state index < -0.39 is 12.1 Å². The number of nitrogens with one attached hydrogen (secondary N) is 1. The van der Waals surface area contributed by atoms with E-state index >= 15 is 0 Å². The summed E-state index contributed by atoms with van der Waals surface area (Å²) in [6.45, 7) is 0.117. The zero-order valence-electron chi connectivity index (χ0n) is 15.0. The quantitative estimate of drug-likeness (QED) is 0.336. The summed E-state index contributed by atoms with van der Waals surface area (Å²) in [4.78, 5) is 13.0. The fourth-order valence-electron chi connectivity index (χ4n) is 2.48. The Bertz CT molecular complexity index is 1020. The molecule has 0 bridgehead atoms. The van der Waals surface area contributed by atoms with Gasteiger partial charge in [-0.05, 0) is 6.07 Å². The fourth-order valence-corrected chi connectivity index (χ4v) is 2.48. The maximum absolute atomic E-state index is 10.6. The third-order valence-electron chi connectivity index (χ3n) is 3.79. The van der Waals surface area contributed by atoms with Crippen LogP contribution in [0.3, 0.4) is 0 Å². The summed E-state index contributed by atoms with van der Waals surface area (Å²) in [5, 5.41) is 47.6. The number of aliphatic hydroxyl groups is 1. The minimum Gasteiger partial charge on any atom is -0.504 e. The van der Waals surface area contributed by atoms with E-state index in [2.05, 4.69) is 10.3 Å². The van der Waals surface area contributed by atoms with Crippen molar-refractivity contribution < 1.29 is 43.1 Å². The monoisotopic (exact) mass is 428 g/mol. The Labute approximate surface area is 166 Å². The van der Waals surface area contributed by atoms with Crippen LogP contribution in [0.5, 0.6) is 23.1 Å². The number of carboxylic acid groups (broad SMARTS) is 1. The minimum absolute atomic E-state index is 0.0122. The van der Waals surface area contributed by atoms with E-state index in [4.69, 9.17) is 25.5 Å². The number of aromatic nitrogens is 1. The van der Waals surface area contributed by atoms with Crippen LogP contribution in [-0.2, 0) is 11.2 Å². The first-order chi connectivity index (χ1) is 14.0. The number of alkyl halides is 3. The number of carbonyl (C=O) groups is 1. The SMILES string of the molecule is N#Cc1c(N)nc2c(c1NCCO)Cc1cc(O)c(O)cc1O2.O=C(O)C(F)(F)F. The van der Waals surface area contributed by atoms with Gasteiger partial charge in [0, 0.05) is 30.2 Å². The van der Waals surface area contributed by atoms with E-state index in [1.807, 2.05) is 6.07 Å². The van der Waals surface area contributed by atoms with Crippen LogP contribution in [0, 0.1) is 11.3 Å². The van der Waals surface area contributed by atoms with E-state index in [1.165, 1.54) is 12.1 Å². The van der Waals surface area contributed by atoms with Crippen LogP contribution in [0.1, 0.15) is 16.7 Å². The first-order valence-corrected chi connectivity index (χ1v) is 8.09. The molecule has 0 saturated heterocycles. The first kappa shape index (κ1) is 22.4. The van der Waals surface area contributed by atoms with Crippen molar-refractivity contribution >= 4 is 17.5 Å². The van der Waals surface area contributed by atoms with E-state index in [1.54, 1.807) is 0 Å². The molecular formula is C17H15F3N4O6. The fraction of sp³-hybridized carbons (Fsp3) is 0.235. The molecule has 3 rings (SSSR count). The number of nitriles is 1. The van der Waals surface area contributed by atoms with Gasteiger partial charge in [-0.1, -0.05) is 0 Å². The van der Waals surface area contributed by atoms with Gasteiger partial charge in [-0.2, -0.15) is 23.4 Å². The predicted octanol–water partition coefficient (Wildman–Crippen LogP) is 1.68. The Morgan fingerprint density at radius 3 is 2.47 bits per heavy atom. The largest absolute Gasteiger partial charge is 0.504 e. The molecule has 1 aliphatic heterocycles. The number of phenolic OH excluding ortho intramolecular Hbond substituents is 2. The van der Waals surface area contributed by atoms with Gasteiger partial charge in [0.15, 0.2) is 11.5 Å². The highest BCUT2D eigenvalue weighted by Gasteiger charge is 2.38. The topological polar surface area (TPSA) is 182 Å². The number of phenols is 2. The van der Waals surface area contributed by atoms with Crippen molar-refractivity contribution in [2.24, 2.45) is 0 Å². The number of carboxylic acids is 1. The molecule has 0 aliphatic carbocycles. The number of nitrogens with zero attached hydrogens (tertiary/aromatic N) is 2. The second-order valence-corrected chi connectivity index (χ2v) is 5.82. The Morgan fingerprint density at radius 1 is 1.33 bits per heavy atom. The number of pyridine rings is 1. The molecule has 0 saturated carbocycles. The lowest BCUT2D eigenvalue weighted by atomic mass is 9.98. The number of fused-ring (bicyclic) bond motifs is 2. The van der Waals surface area contributed by atoms with Crippen LogP contribution in [-0.4, -0.2) is 50.7 Å². The number of rotatable bonds is 3. The first-order valence-electron chi connectivity index (χ1n) is 8.09. The van der Waals surface area contributed by atoms with E-state index in [-0.39, 0.29) is 41.9 Å². The van der Waals surface area contributed by atoms with Crippen LogP contribution < -0.4 is 15.8 Å². The summed E-state index contributed by atoms with van der Waals surface area (Å²) in [5.41, 5.74) is 7.65. The third kappa shape index (κ3) is 4.73. The summed E-state index contributed by atoms with van der Waals surface area (Å²) in [5.74, 6) is -2.72. The van der Waals surface area contributed by atoms with Crippen molar-refractivity contribution in [3.63, 3.8) is 0 Å². The van der Waals surface area contributed by atoms with E-state index in [9.17, 15) is 28.6 Å². The Hall–Kier alpha value is -3.92. The van der Waals surface area contributed by atoms with Crippen LogP contribution >= 0.6 is 0 Å². The van der Waals surface area contributed by atoms with Crippen molar-refractivity contribution in [3.05, 3.63) is 28.8 Å². The Balaban J connectivity index is 0.000000396. The van der Waals surface area contributed by atoms with Gasteiger partial charge >= 0.3 is 12.1 Å². The molecule has 13 heteroatoms. The number of ether oxygens (including phenoxy) is 1. The summed E-state index contributed by atoms with van der Waals surface area (Å²) in [7, 11) is 0. The van der Waals surface area contributed by atoms with Crippen LogP contribution in [0.15, 0.2) is 12.1 Å². The van der Waals surface area contributed by atoms with Gasteiger partial charge < -0.3 is 36.2 Å². The maximum atomic E-state index is 10.6. The molecule has 0 spiro atoms. The molecule has 1 aromatic carbocycles. The predicted molar refractivity (Wildman–Crippen MR) is 95.3 cm³/mol. The summed E-state index contributed by atoms with van der Waals surface area (Å²) in [6.07, 6.45) is -4.76. The molecule has 7 N–H and O–H groups in total. The number of benzene rings is 1. The number of nitrogens with two attached hydrogens (primary N) is 1. The van der Waals surface area contributed by atoms with Gasteiger partial charge in [0.05, 0.1) is 12.3 Å². The number of halogens is 3. The Morgan fingerprint density at radius 2 is 1.93 bits per heavy atom. The molecule has 160 valence electrons. The molecule has 10 nitrogen and oxygen atoms in total. The van der Waals surface area contributed by atoms with Crippen molar-refractivity contribution in [2.75, 3.05) is 24.2 Å². The molecule has 0 radical (unpaired) electrons. The van der Waals surface area contributed by atoms with Gasteiger partial charge in [0.25, 0.3) is 0 Å². The molecule has 0 fully saturated rings. The van der Waals surface area contributed by atoms with Gasteiger partial charge in [-0.25, -0.2) is 4.79 Å². The average molecular weight is 428 g/mol. The normalized spacial score (nSPS) is 11.7. The van der Waals surface area contributed by atoms with Crippen molar-refractivity contribution in [1.29, 1.82) is 5.26 Å². The number of hydrogen-bond acceptors (Lipinski definition) is 9. The number of hydrogen-bond donors (Lipinski definition) is 6. The van der Waals surface area contributed by atoms with E-state index in [0.29, 0.717) is 29.0 Å². The number of anilines is 2. The summed E-state index contributed by atoms with van der Waals surface area (Å²) < 4.78 is 37.4. The highest BCUT2D eigenvalue weighted by Crippen LogP contribution is 2.44. The molecular weight excluding hydrogens is 413 g/mol. The van der Waals surface area contributed by atoms with Gasteiger partial charge in [-0.3, -0.25) is 0 Å². The van der Waals surface area contributed by atoms with Gasteiger partial charge in [-0.15, -0.1) is 0 Å². The molecule has 2 heterocycles. The molecule has 1 aliphatic rings. The number of nitrogen functional groups attached to an aromatic ring is 1. The third-order valence-corrected chi connectivity index (χ3v) is 3.79.